The maximum absolute atomic E-state index is 9.55. The highest BCUT2D eigenvalue weighted by Gasteiger charge is 2.22. The second-order valence-corrected chi connectivity index (χ2v) is 5.57. The minimum absolute atomic E-state index is 0.469. The molecule has 1 N–H and O–H groups in total. The van der Waals surface area contributed by atoms with Gasteiger partial charge in [-0.25, -0.2) is 0 Å². The van der Waals surface area contributed by atoms with Gasteiger partial charge in [0.2, 0.25) is 0 Å². The van der Waals surface area contributed by atoms with Crippen LogP contribution in [0, 0.1) is 0 Å². The summed E-state index contributed by atoms with van der Waals surface area (Å²) in [4.78, 5) is 4.67. The van der Waals surface area contributed by atoms with Gasteiger partial charge in [0.1, 0.15) is 0 Å². The number of anilines is 1. The summed E-state index contributed by atoms with van der Waals surface area (Å²) in [6.45, 7) is 7.02. The first-order chi connectivity index (χ1) is 8.49. The molecule has 18 heavy (non-hydrogen) atoms. The summed E-state index contributed by atoms with van der Waals surface area (Å²) in [5.74, 6) is 0. The van der Waals surface area contributed by atoms with Crippen LogP contribution >= 0.6 is 11.6 Å². The van der Waals surface area contributed by atoms with Gasteiger partial charge in [0.15, 0.2) is 0 Å². The lowest BCUT2D eigenvalue weighted by atomic mass is 10.1. The van der Waals surface area contributed by atoms with Crippen LogP contribution in [-0.2, 0) is 0 Å². The number of hydrogen-bond acceptors (Lipinski definition) is 3. The summed E-state index contributed by atoms with van der Waals surface area (Å²) in [6, 6.07) is 6.37. The van der Waals surface area contributed by atoms with Gasteiger partial charge in [-0.15, -0.1) is 0 Å². The molecular weight excluding hydrogens is 248 g/mol. The van der Waals surface area contributed by atoms with E-state index >= 15 is 0 Å². The fourth-order valence-electron chi connectivity index (χ4n) is 2.31. The molecule has 2 atom stereocenters. The summed E-state index contributed by atoms with van der Waals surface area (Å²) in [6.07, 6.45) is -0.469. The number of likely N-dealkylation sites (N-methyl/N-ethyl adjacent to an activating group) is 1. The lowest BCUT2D eigenvalue weighted by molar-refractivity contribution is 0.199. The molecule has 0 amide bonds. The molecule has 100 valence electrons. The molecule has 0 bridgehead atoms. The maximum Gasteiger partial charge on any atom is 0.0762 e. The van der Waals surface area contributed by atoms with Crippen LogP contribution in [0.25, 0.3) is 0 Å². The van der Waals surface area contributed by atoms with Crippen LogP contribution in [0.5, 0.6) is 0 Å². The van der Waals surface area contributed by atoms with Crippen LogP contribution in [-0.4, -0.2) is 42.7 Å². The molecule has 2 rings (SSSR count). The fraction of sp³-hybridized carbons (Fsp3) is 0.571. The fourth-order valence-corrected chi connectivity index (χ4v) is 2.62. The van der Waals surface area contributed by atoms with Gasteiger partial charge in [-0.2, -0.15) is 0 Å². The van der Waals surface area contributed by atoms with Crippen molar-refractivity contribution in [1.29, 1.82) is 0 Å². The smallest absolute Gasteiger partial charge is 0.0762 e. The zero-order valence-corrected chi connectivity index (χ0v) is 12.0. The van der Waals surface area contributed by atoms with Crippen LogP contribution in [0.4, 0.5) is 5.69 Å². The molecular formula is C14H21ClN2O. The predicted molar refractivity (Wildman–Crippen MR) is 76.4 cm³/mol. The average molecular weight is 269 g/mol. The minimum atomic E-state index is -0.469. The summed E-state index contributed by atoms with van der Waals surface area (Å²) in [5.41, 5.74) is 1.94. The van der Waals surface area contributed by atoms with Crippen molar-refractivity contribution in [3.05, 3.63) is 28.8 Å². The first-order valence-electron chi connectivity index (χ1n) is 6.41. The van der Waals surface area contributed by atoms with Crippen LogP contribution in [0.3, 0.4) is 0 Å². The van der Waals surface area contributed by atoms with E-state index in [1.54, 1.807) is 6.92 Å². The van der Waals surface area contributed by atoms with Crippen molar-refractivity contribution in [2.45, 2.75) is 26.0 Å². The highest BCUT2D eigenvalue weighted by molar-refractivity contribution is 6.33. The number of aliphatic hydroxyl groups is 1. The molecule has 0 aromatic heterocycles. The Morgan fingerprint density at radius 1 is 1.39 bits per heavy atom. The normalized spacial score (nSPS) is 23.2. The molecule has 1 heterocycles. The van der Waals surface area contributed by atoms with E-state index in [1.807, 2.05) is 18.2 Å². The summed E-state index contributed by atoms with van der Waals surface area (Å²) in [7, 11) is 2.15. The zero-order chi connectivity index (χ0) is 13.3. The number of piperazine rings is 1. The highest BCUT2D eigenvalue weighted by Crippen LogP contribution is 2.30. The Morgan fingerprint density at radius 2 is 2.11 bits per heavy atom. The summed E-state index contributed by atoms with van der Waals surface area (Å²) < 4.78 is 0. The topological polar surface area (TPSA) is 26.7 Å². The van der Waals surface area contributed by atoms with Gasteiger partial charge in [-0.3, -0.25) is 0 Å². The Balaban J connectivity index is 2.19. The largest absolute Gasteiger partial charge is 0.389 e. The summed E-state index contributed by atoms with van der Waals surface area (Å²) >= 11 is 6.32. The van der Waals surface area contributed by atoms with Crippen LogP contribution in [0.15, 0.2) is 18.2 Å². The Bertz CT molecular complexity index is 422. The molecule has 1 saturated heterocycles. The molecule has 2 unspecified atom stereocenters. The molecule has 1 aliphatic rings. The second kappa shape index (κ2) is 5.47. The van der Waals surface area contributed by atoms with E-state index in [9.17, 15) is 5.11 Å². The third-order valence-electron chi connectivity index (χ3n) is 3.75. The first kappa shape index (κ1) is 13.7. The van der Waals surface area contributed by atoms with E-state index in [2.05, 4.69) is 23.8 Å². The van der Waals surface area contributed by atoms with Crippen molar-refractivity contribution in [2.75, 3.05) is 31.6 Å². The number of halogens is 1. The Hall–Kier alpha value is -0.770. The van der Waals surface area contributed by atoms with E-state index in [0.717, 1.165) is 35.9 Å². The lowest BCUT2D eigenvalue weighted by Crippen LogP contribution is -2.50. The second-order valence-electron chi connectivity index (χ2n) is 5.16. The zero-order valence-electron chi connectivity index (χ0n) is 11.2. The highest BCUT2D eigenvalue weighted by atomic mass is 35.5. The Labute approximate surface area is 114 Å². The van der Waals surface area contributed by atoms with Gasteiger partial charge < -0.3 is 14.9 Å². The first-order valence-corrected chi connectivity index (χ1v) is 6.79. The molecule has 0 radical (unpaired) electrons. The number of rotatable bonds is 2. The van der Waals surface area contributed by atoms with E-state index < -0.39 is 6.10 Å². The molecule has 1 aliphatic heterocycles. The number of nitrogens with zero attached hydrogens (tertiary/aromatic N) is 2. The molecule has 0 saturated carbocycles. The minimum Gasteiger partial charge on any atom is -0.389 e. The number of benzene rings is 1. The Kier molecular flexibility index (Phi) is 4.15. The number of aliphatic hydroxyl groups excluding tert-OH is 1. The molecule has 0 aliphatic carbocycles. The monoisotopic (exact) mass is 268 g/mol. The van der Waals surface area contributed by atoms with Crippen molar-refractivity contribution in [3.63, 3.8) is 0 Å². The molecule has 3 nitrogen and oxygen atoms in total. The Morgan fingerprint density at radius 3 is 2.67 bits per heavy atom. The van der Waals surface area contributed by atoms with Crippen molar-refractivity contribution in [2.24, 2.45) is 0 Å². The van der Waals surface area contributed by atoms with Crippen LogP contribution in [0.1, 0.15) is 25.5 Å². The maximum atomic E-state index is 9.55. The van der Waals surface area contributed by atoms with Crippen molar-refractivity contribution < 1.29 is 5.11 Å². The number of hydrogen-bond donors (Lipinski definition) is 1. The molecule has 4 heteroatoms. The van der Waals surface area contributed by atoms with E-state index in [4.69, 9.17) is 11.6 Å². The van der Waals surface area contributed by atoms with Gasteiger partial charge in [0, 0.05) is 25.7 Å². The van der Waals surface area contributed by atoms with E-state index in [1.165, 1.54) is 0 Å². The van der Waals surface area contributed by atoms with E-state index in [0.29, 0.717) is 6.04 Å². The van der Waals surface area contributed by atoms with Crippen molar-refractivity contribution >= 4 is 17.3 Å². The predicted octanol–water partition coefficient (Wildman–Crippen LogP) is 2.53. The van der Waals surface area contributed by atoms with Crippen LogP contribution < -0.4 is 4.90 Å². The van der Waals surface area contributed by atoms with Crippen LogP contribution in [0.2, 0.25) is 5.02 Å². The molecule has 1 aromatic carbocycles. The van der Waals surface area contributed by atoms with Crippen molar-refractivity contribution in [1.82, 2.24) is 4.90 Å². The van der Waals surface area contributed by atoms with Gasteiger partial charge in [0.25, 0.3) is 0 Å². The molecule has 1 aromatic rings. The third-order valence-corrected chi connectivity index (χ3v) is 4.06. The van der Waals surface area contributed by atoms with Gasteiger partial charge in [-0.05, 0) is 38.6 Å². The van der Waals surface area contributed by atoms with Crippen molar-refractivity contribution in [3.8, 4) is 0 Å². The van der Waals surface area contributed by atoms with Gasteiger partial charge >= 0.3 is 0 Å². The SMILES string of the molecule is CC(O)c1ccc(N2CCN(C)C(C)C2)c(Cl)c1. The molecule has 0 spiro atoms. The van der Waals surface area contributed by atoms with E-state index in [-0.39, 0.29) is 0 Å². The third kappa shape index (κ3) is 2.79. The lowest BCUT2D eigenvalue weighted by Gasteiger charge is -2.39. The quantitative estimate of drug-likeness (QED) is 0.893. The van der Waals surface area contributed by atoms with Gasteiger partial charge in [-0.1, -0.05) is 17.7 Å². The molecule has 1 fully saturated rings. The van der Waals surface area contributed by atoms with Gasteiger partial charge in [0.05, 0.1) is 16.8 Å². The average Bonchev–Trinajstić information content (AvgIpc) is 2.32. The standard InChI is InChI=1S/C14H21ClN2O/c1-10-9-17(7-6-16(10)3)14-5-4-12(11(2)18)8-13(14)15/h4-5,8,10-11,18H,6-7,9H2,1-3H3. The summed E-state index contributed by atoms with van der Waals surface area (Å²) in [5, 5.41) is 10.3.